The van der Waals surface area contributed by atoms with Crippen LogP contribution in [0.3, 0.4) is 0 Å². The number of carboxylic acid groups (broad SMARTS) is 1. The molecule has 0 fully saturated rings. The quantitative estimate of drug-likeness (QED) is 0.00828. The van der Waals surface area contributed by atoms with Gasteiger partial charge >= 0.3 is 81.6 Å². The molecule has 0 aliphatic carbocycles. The molecular formula is C100H141Cl2F4KN18O17SSi. The number of carboxylic acids is 1. The molecule has 35 nitrogen and oxygen atoms in total. The van der Waals surface area contributed by atoms with Crippen molar-refractivity contribution in [2.75, 3.05) is 7.11 Å². The molecule has 0 radical (unpaired) electrons. The number of guanidine groups is 4. The van der Waals surface area contributed by atoms with Crippen molar-refractivity contribution in [1.82, 2.24) is 46.2 Å². The number of hydrogen-bond donors (Lipinski definition) is 8. The van der Waals surface area contributed by atoms with Gasteiger partial charge in [-0.25, -0.2) is 61.5 Å². The van der Waals surface area contributed by atoms with Crippen molar-refractivity contribution in [3.8, 4) is 0 Å². The number of nitrogens with zero attached hydrogens (tertiary/aromatic N) is 11. The second-order valence-corrected chi connectivity index (χ2v) is 44.5. The summed E-state index contributed by atoms with van der Waals surface area (Å²) in [6.07, 6.45) is -1.75. The smallest absolute Gasteiger partial charge is 0.859 e. The Bertz CT molecular complexity index is 5630. The predicted molar refractivity (Wildman–Crippen MR) is 548 cm³/mol. The summed E-state index contributed by atoms with van der Waals surface area (Å²) in [5.41, 5.74) is 10.4. The number of methoxy groups -OCH3 is 1. The van der Waals surface area contributed by atoms with Gasteiger partial charge in [-0.1, -0.05) is 156 Å². The van der Waals surface area contributed by atoms with Gasteiger partial charge in [-0.3, -0.25) is 64.3 Å². The van der Waals surface area contributed by atoms with Crippen LogP contribution in [0.4, 0.5) is 31.9 Å². The van der Waals surface area contributed by atoms with Gasteiger partial charge in [0.15, 0.2) is 5.96 Å². The molecule has 0 unspecified atom stereocenters. The van der Waals surface area contributed by atoms with Crippen LogP contribution < -0.4 is 88.5 Å². The van der Waals surface area contributed by atoms with Crippen LogP contribution in [-0.4, -0.2) is 169 Å². The fraction of sp³-hybridized carbons (Fsp3) is 0.490. The van der Waals surface area contributed by atoms with Gasteiger partial charge in [0.1, 0.15) is 40.1 Å². The van der Waals surface area contributed by atoms with Crippen molar-refractivity contribution >= 4 is 135 Å². The van der Waals surface area contributed by atoms with Crippen LogP contribution in [0.25, 0.3) is 0 Å². The van der Waals surface area contributed by atoms with E-state index in [4.69, 9.17) is 35.6 Å². The largest absolute Gasteiger partial charge is 1.00 e. The predicted octanol–water partition coefficient (Wildman–Crippen LogP) is 16.2. The van der Waals surface area contributed by atoms with Gasteiger partial charge in [0.25, 0.3) is 11.8 Å². The minimum Gasteiger partial charge on any atom is -0.859 e. The molecule has 44 heteroatoms. The van der Waals surface area contributed by atoms with Crippen molar-refractivity contribution in [3.05, 3.63) is 212 Å². The summed E-state index contributed by atoms with van der Waals surface area (Å²) in [6, 6.07) is 33.4. The van der Waals surface area contributed by atoms with Gasteiger partial charge in [-0.05, 0) is 244 Å². The van der Waals surface area contributed by atoms with Gasteiger partial charge in [0, 0.05) is 11.1 Å². The molecule has 9 amide bonds. The number of alkyl carbamates (subject to hydrolysis) is 3. The van der Waals surface area contributed by atoms with E-state index in [-0.39, 0.29) is 248 Å². The zero-order valence-corrected chi connectivity index (χ0v) is 93.3. The zero-order valence-electron chi connectivity index (χ0n) is 86.6. The van der Waals surface area contributed by atoms with E-state index in [0.717, 1.165) is 35.4 Å². The first-order chi connectivity index (χ1) is 64.6. The SMILES string of the molecule is C.CC(C)[C@]1(C)CC(=O)N(Cc2cc(F)cc(C(=O)N[C@@H](C)c3ccccc3)c2)C(N)=N1.CC(C)[C@]1(C)CC(=O)N(Cc2cc(F)cc(C(=O)N[C@@H](C)c3ccccc3)c2)C(NC(=O)OC(C)(C)C)=N1.CC(C)[C@]1(C)CC(=O)N(Cc2cc(F)cc(C(=O)O)c2)C(NC(=O)OC(C)(C)C)=N1.COC(=O)c1cc(F)cc(CN2C(=O)C[C@@](C)(C(C)C)N=C2NC(=O)OC(C)(C)C)c1.C[Si](C)(C)[O-].Cl.N=NN=NCl.S.[K+]. The Labute approximate surface area is 903 Å². The standard InChI is InChI=1S/C29H37FN4O4.C24H29FN4O2.C22H30FN3O5.C21H28FN3O5.C3H9OSi.CH4.ClHN4.ClH.K.H2S/c1-18(2)29(7)16-24(35)34(26(33-29)32-27(37)38-28(4,5)6)17-20-13-22(15-23(30)14-20)25(36)31-19(3)21-11-9-8-10-12-21;1-15(2)24(4)13-21(30)29(23(26)28-24)14-17-10-19(12-20(25)11-17)22(31)27-16(3)18-8-6-5-7-9-18;1-13(2)22(6)11-17(27)26(19(25-22)24-20(29)31-21(3,4)5)12-14-8-15(18(28)30-7)10-16(23)9-14;1-12(2)21(6)10-16(26)25(18(24-21)23-19(29)30-20(3,4)5)11-13-7-14(17(27)28)9-15(22)8-13;1-5(2,3)4;;1-3-5-4-2;;;/h8-15,18-19H,16-17H2,1-7H3,(H,31,36)(H,32,33,37);5-12,15-16H,13-14H2,1-4H3,(H2,26,28)(H,27,31);8-10,13H,11-12H2,1-7H3,(H,24,25,29);7-9,12H,10-11H2,1-6H3,(H,27,28)(H,23,24,29);1-3H3;1H4;2H;1H;;1H2/q;;;;-1;;;;+1;/t19-,29-;16-,24-;22-;21-;;;;;;/m0000....../s1. The van der Waals surface area contributed by atoms with Crippen molar-refractivity contribution in [3.63, 3.8) is 0 Å². The van der Waals surface area contributed by atoms with Crippen LogP contribution in [0.5, 0.6) is 0 Å². The van der Waals surface area contributed by atoms with Crippen LogP contribution in [0.15, 0.2) is 169 Å². The molecule has 4 heterocycles. The number of amides is 9. The number of halogens is 6. The van der Waals surface area contributed by atoms with Gasteiger partial charge in [-0.15, -0.1) is 12.4 Å². The Morgan fingerprint density at radius 1 is 0.479 bits per heavy atom. The summed E-state index contributed by atoms with van der Waals surface area (Å²) in [6.45, 7) is 47.2. The van der Waals surface area contributed by atoms with E-state index in [2.05, 4.69) is 73.2 Å². The van der Waals surface area contributed by atoms with Crippen LogP contribution in [0, 0.1) is 52.5 Å². The Balaban J connectivity index is 0.000000923. The first-order valence-corrected chi connectivity index (χ1v) is 49.0. The number of aliphatic imine (C=N–C) groups is 4. The normalized spacial score (nSPS) is 18.1. The van der Waals surface area contributed by atoms with E-state index in [1.165, 1.54) is 69.2 Å². The molecule has 0 saturated carbocycles. The Morgan fingerprint density at radius 3 is 0.972 bits per heavy atom. The van der Waals surface area contributed by atoms with E-state index in [1.807, 2.05) is 158 Å². The number of nitrogens with one attached hydrogen (secondary N) is 6. The van der Waals surface area contributed by atoms with Crippen molar-refractivity contribution in [2.45, 2.75) is 289 Å². The summed E-state index contributed by atoms with van der Waals surface area (Å²) in [5.74, 6) is -6.10. The minimum atomic E-state index is -1.86. The van der Waals surface area contributed by atoms with Crippen molar-refractivity contribution in [2.24, 2.45) is 64.5 Å². The summed E-state index contributed by atoms with van der Waals surface area (Å²) >= 11 is 4.55. The van der Waals surface area contributed by atoms with Crippen molar-refractivity contribution < 1.29 is 151 Å². The molecule has 0 saturated heterocycles. The number of aromatic carboxylic acids is 1. The molecule has 10 rings (SSSR count). The molecule has 6 atom stereocenters. The van der Waals surface area contributed by atoms with Gasteiger partial charge in [-0.2, -0.15) is 19.0 Å². The molecule has 0 aromatic heterocycles. The molecule has 9 N–H and O–H groups in total. The van der Waals surface area contributed by atoms with E-state index < -0.39 is 113 Å². The van der Waals surface area contributed by atoms with Gasteiger partial charge in [0.05, 0.1) is 116 Å². The molecule has 6 aromatic rings. The minimum absolute atomic E-state index is 0. The van der Waals surface area contributed by atoms with Crippen LogP contribution >= 0.6 is 37.7 Å². The van der Waals surface area contributed by atoms with E-state index in [0.29, 0.717) is 16.7 Å². The summed E-state index contributed by atoms with van der Waals surface area (Å²) < 4.78 is 80.0. The summed E-state index contributed by atoms with van der Waals surface area (Å²) in [7, 11) is -0.663. The van der Waals surface area contributed by atoms with E-state index in [1.54, 1.807) is 88.0 Å². The Hall–Kier alpha value is -11.0. The monoisotopic (exact) mass is 2110 g/mol. The third-order valence-corrected chi connectivity index (χ3v) is 22.4. The van der Waals surface area contributed by atoms with Crippen molar-refractivity contribution in [1.29, 1.82) is 5.53 Å². The number of ether oxygens (including phenoxy) is 4. The van der Waals surface area contributed by atoms with Crippen LogP contribution in [0.2, 0.25) is 19.6 Å². The summed E-state index contributed by atoms with van der Waals surface area (Å²) in [5, 5.41) is 27.7. The average Bonchev–Trinajstić information content (AvgIpc) is 0.568. The number of rotatable bonds is 21. The van der Waals surface area contributed by atoms with Crippen LogP contribution in [0.1, 0.15) is 279 Å². The van der Waals surface area contributed by atoms with Gasteiger partial charge in [0.2, 0.25) is 41.5 Å². The molecule has 0 bridgehead atoms. The topological polar surface area (TPSA) is 477 Å². The molecular weight excluding hydrogens is 1970 g/mol. The molecule has 0 spiro atoms. The van der Waals surface area contributed by atoms with Crippen LogP contribution in [-0.2, 0) is 64.3 Å². The number of benzene rings is 6. The maximum absolute atomic E-state index is 14.6. The van der Waals surface area contributed by atoms with Gasteiger partial charge < -0.3 is 45.2 Å². The fourth-order valence-electron chi connectivity index (χ4n) is 13.5. The zero-order chi connectivity index (χ0) is 106. The number of carbonyl (C=O) groups is 11. The average molecular weight is 2110 g/mol. The molecule has 786 valence electrons. The number of nitrogens with two attached hydrogens (primary N) is 1. The number of esters is 1. The molecule has 4 aliphatic heterocycles. The van der Waals surface area contributed by atoms with E-state index in [9.17, 15) is 75.1 Å². The maximum Gasteiger partial charge on any atom is 1.00 e. The number of hydrogen-bond acceptors (Lipinski definition) is 23. The number of carbonyl (C=O) groups excluding carboxylic acids is 10. The summed E-state index contributed by atoms with van der Waals surface area (Å²) in [4.78, 5) is 172. The first kappa shape index (κ1) is 131. The Morgan fingerprint density at radius 2 is 0.729 bits per heavy atom. The second-order valence-electron chi connectivity index (χ2n) is 40.1. The van der Waals surface area contributed by atoms with E-state index >= 15 is 0 Å². The third kappa shape index (κ3) is 42.6. The second kappa shape index (κ2) is 56.7. The molecule has 4 aliphatic rings. The Kier molecular flexibility index (Phi) is 51.6. The first-order valence-electron chi connectivity index (χ1n) is 45.3. The third-order valence-electron chi connectivity index (χ3n) is 22.3. The molecule has 6 aromatic carbocycles. The molecule has 144 heavy (non-hydrogen) atoms. The fourth-order valence-corrected chi connectivity index (χ4v) is 13.5. The maximum atomic E-state index is 14.6.